The Kier molecular flexibility index (Phi) is 5.63. The molecule has 0 radical (unpaired) electrons. The summed E-state index contributed by atoms with van der Waals surface area (Å²) in [5.41, 5.74) is 2.19. The van der Waals surface area contributed by atoms with E-state index in [1.54, 1.807) is 28.9 Å². The van der Waals surface area contributed by atoms with Crippen LogP contribution in [0.15, 0.2) is 24.4 Å². The molecular weight excluding hydrogens is 398 g/mol. The number of morpholine rings is 1. The predicted octanol–water partition coefficient (Wildman–Crippen LogP) is 2.97. The van der Waals surface area contributed by atoms with Crippen LogP contribution in [0.1, 0.15) is 16.1 Å². The molecule has 3 heterocycles. The van der Waals surface area contributed by atoms with Gasteiger partial charge in [0.1, 0.15) is 0 Å². The summed E-state index contributed by atoms with van der Waals surface area (Å²) in [6.07, 6.45) is 1.77. The molecule has 0 atom stereocenters. The monoisotopic (exact) mass is 419 g/mol. The molecule has 28 heavy (non-hydrogen) atoms. The van der Waals surface area contributed by atoms with Crippen molar-refractivity contribution < 1.29 is 9.53 Å². The normalized spacial score (nSPS) is 15.2. The van der Waals surface area contributed by atoms with Crippen molar-refractivity contribution in [1.82, 2.24) is 19.7 Å². The van der Waals surface area contributed by atoms with Gasteiger partial charge in [-0.25, -0.2) is 4.98 Å². The van der Waals surface area contributed by atoms with Gasteiger partial charge in [0.15, 0.2) is 10.8 Å². The van der Waals surface area contributed by atoms with Crippen LogP contribution in [0.5, 0.6) is 0 Å². The first-order chi connectivity index (χ1) is 13.5. The van der Waals surface area contributed by atoms with Crippen molar-refractivity contribution in [2.24, 2.45) is 7.05 Å². The molecule has 0 spiro atoms. The molecule has 1 aliphatic heterocycles. The van der Waals surface area contributed by atoms with Crippen molar-refractivity contribution in [2.45, 2.75) is 6.92 Å². The third-order valence-corrected chi connectivity index (χ3v) is 6.34. The quantitative estimate of drug-likeness (QED) is 0.636. The number of thiazole rings is 1. The number of benzene rings is 1. The summed E-state index contributed by atoms with van der Waals surface area (Å²) < 4.78 is 8.07. The van der Waals surface area contributed by atoms with E-state index < -0.39 is 0 Å². The Hall–Kier alpha value is -2.00. The average Bonchev–Trinajstić information content (AvgIpc) is 3.32. The lowest BCUT2D eigenvalue weighted by molar-refractivity contribution is 0.0391. The van der Waals surface area contributed by atoms with Gasteiger partial charge in [0.25, 0.3) is 5.91 Å². The first-order valence-corrected chi connectivity index (χ1v) is 10.4. The minimum absolute atomic E-state index is 0.142. The number of hydrogen-bond acceptors (Lipinski definition) is 6. The van der Waals surface area contributed by atoms with Gasteiger partial charge < -0.3 is 4.74 Å². The number of amides is 1. The van der Waals surface area contributed by atoms with Gasteiger partial charge >= 0.3 is 0 Å². The Morgan fingerprint density at radius 1 is 1.32 bits per heavy atom. The van der Waals surface area contributed by atoms with E-state index in [1.165, 1.54) is 11.3 Å². The summed E-state index contributed by atoms with van der Waals surface area (Å²) >= 11 is 7.76. The van der Waals surface area contributed by atoms with Crippen LogP contribution in [0.25, 0.3) is 10.2 Å². The summed E-state index contributed by atoms with van der Waals surface area (Å²) in [4.78, 5) is 22.0. The van der Waals surface area contributed by atoms with E-state index in [1.807, 2.05) is 19.1 Å². The van der Waals surface area contributed by atoms with Gasteiger partial charge in [-0.3, -0.25) is 19.3 Å². The molecule has 0 saturated carbocycles. The smallest absolute Gasteiger partial charge is 0.280 e. The lowest BCUT2D eigenvalue weighted by atomic mass is 10.2. The fourth-order valence-electron chi connectivity index (χ4n) is 3.22. The highest BCUT2D eigenvalue weighted by atomic mass is 35.5. The molecule has 1 aliphatic rings. The molecule has 4 rings (SSSR count). The van der Waals surface area contributed by atoms with Crippen LogP contribution >= 0.6 is 22.9 Å². The van der Waals surface area contributed by atoms with Crippen molar-refractivity contribution in [1.29, 1.82) is 0 Å². The van der Waals surface area contributed by atoms with E-state index in [2.05, 4.69) is 10.00 Å². The third kappa shape index (κ3) is 3.91. The first kappa shape index (κ1) is 19.3. The Labute approximate surface area is 172 Å². The molecule has 148 valence electrons. The molecule has 9 heteroatoms. The molecule has 1 amide bonds. The number of hydrogen-bond donors (Lipinski definition) is 0. The number of carbonyl (C=O) groups is 1. The van der Waals surface area contributed by atoms with Crippen molar-refractivity contribution in [3.05, 3.63) is 40.7 Å². The Balaban J connectivity index is 1.65. The third-order valence-electron chi connectivity index (χ3n) is 4.89. The highest BCUT2D eigenvalue weighted by Gasteiger charge is 2.24. The van der Waals surface area contributed by atoms with Gasteiger partial charge in [-0.15, -0.1) is 0 Å². The molecule has 3 aromatic rings. The van der Waals surface area contributed by atoms with Crippen molar-refractivity contribution in [2.75, 3.05) is 44.3 Å². The van der Waals surface area contributed by atoms with E-state index >= 15 is 0 Å². The van der Waals surface area contributed by atoms with Crippen LogP contribution < -0.4 is 4.90 Å². The van der Waals surface area contributed by atoms with Crippen LogP contribution in [0.3, 0.4) is 0 Å². The minimum Gasteiger partial charge on any atom is -0.379 e. The summed E-state index contributed by atoms with van der Waals surface area (Å²) in [5, 5.41) is 5.64. The zero-order valence-corrected chi connectivity index (χ0v) is 17.5. The summed E-state index contributed by atoms with van der Waals surface area (Å²) in [7, 11) is 1.80. The van der Waals surface area contributed by atoms with Crippen LogP contribution in [0, 0.1) is 6.92 Å². The molecule has 7 nitrogen and oxygen atoms in total. The molecule has 0 unspecified atom stereocenters. The second-order valence-corrected chi connectivity index (χ2v) is 8.22. The van der Waals surface area contributed by atoms with E-state index in [0.717, 1.165) is 48.6 Å². The zero-order chi connectivity index (χ0) is 19.7. The Morgan fingerprint density at radius 2 is 2.11 bits per heavy atom. The second-order valence-electron chi connectivity index (χ2n) is 6.80. The standard InChI is InChI=1S/C19H22ClN5O2S/c1-13-14(20)3-4-16-17(13)21-19(28-16)25(8-7-24-9-11-27-12-10-24)18(26)15-5-6-23(2)22-15/h3-6H,7-12H2,1-2H3. The zero-order valence-electron chi connectivity index (χ0n) is 15.9. The number of anilines is 1. The molecule has 1 saturated heterocycles. The number of aromatic nitrogens is 3. The van der Waals surface area contributed by atoms with Gasteiger partial charge in [0, 0.05) is 44.4 Å². The van der Waals surface area contributed by atoms with E-state index in [0.29, 0.717) is 22.4 Å². The highest BCUT2D eigenvalue weighted by Crippen LogP contribution is 2.34. The van der Waals surface area contributed by atoms with Gasteiger partial charge in [-0.1, -0.05) is 22.9 Å². The first-order valence-electron chi connectivity index (χ1n) is 9.20. The van der Waals surface area contributed by atoms with E-state index in [9.17, 15) is 4.79 Å². The summed E-state index contributed by atoms with van der Waals surface area (Å²) in [6, 6.07) is 5.57. The number of carbonyl (C=O) groups excluding carboxylic acids is 1. The van der Waals surface area contributed by atoms with Gasteiger partial charge in [-0.2, -0.15) is 5.10 Å². The highest BCUT2D eigenvalue weighted by molar-refractivity contribution is 7.22. The summed E-state index contributed by atoms with van der Waals surface area (Å²) in [6.45, 7) is 6.47. The SMILES string of the molecule is Cc1c(Cl)ccc2sc(N(CCN3CCOCC3)C(=O)c3ccn(C)n3)nc12. The van der Waals surface area contributed by atoms with Crippen LogP contribution in [0.2, 0.25) is 5.02 Å². The average molecular weight is 420 g/mol. The maximum atomic E-state index is 13.2. The van der Waals surface area contributed by atoms with Crippen LogP contribution in [0.4, 0.5) is 5.13 Å². The molecular formula is C19H22ClN5O2S. The lowest BCUT2D eigenvalue weighted by Crippen LogP contribution is -2.43. The molecule has 0 N–H and O–H groups in total. The maximum Gasteiger partial charge on any atom is 0.280 e. The fourth-order valence-corrected chi connectivity index (χ4v) is 4.42. The number of halogens is 1. The summed E-state index contributed by atoms with van der Waals surface area (Å²) in [5.74, 6) is -0.142. The minimum atomic E-state index is -0.142. The lowest BCUT2D eigenvalue weighted by Gasteiger charge is -2.29. The number of nitrogens with zero attached hydrogens (tertiary/aromatic N) is 5. The number of aryl methyl sites for hydroxylation is 2. The molecule has 2 aromatic heterocycles. The second kappa shape index (κ2) is 8.16. The van der Waals surface area contributed by atoms with Gasteiger partial charge in [0.2, 0.25) is 0 Å². The topological polar surface area (TPSA) is 63.5 Å². The Bertz CT molecular complexity index is 996. The largest absolute Gasteiger partial charge is 0.379 e. The van der Waals surface area contributed by atoms with Crippen molar-refractivity contribution in [3.63, 3.8) is 0 Å². The number of rotatable bonds is 5. The maximum absolute atomic E-state index is 13.2. The molecule has 1 aromatic carbocycles. The van der Waals surface area contributed by atoms with E-state index in [-0.39, 0.29) is 5.91 Å². The van der Waals surface area contributed by atoms with Crippen LogP contribution in [-0.4, -0.2) is 65.0 Å². The molecule has 0 aliphatic carbocycles. The Morgan fingerprint density at radius 3 is 2.82 bits per heavy atom. The molecule has 0 bridgehead atoms. The number of fused-ring (bicyclic) bond motifs is 1. The van der Waals surface area contributed by atoms with Gasteiger partial charge in [0.05, 0.1) is 23.4 Å². The predicted molar refractivity (Wildman–Crippen MR) is 112 cm³/mol. The van der Waals surface area contributed by atoms with Crippen molar-refractivity contribution >= 4 is 44.2 Å². The number of ether oxygens (including phenoxy) is 1. The van der Waals surface area contributed by atoms with E-state index in [4.69, 9.17) is 21.3 Å². The molecule has 1 fully saturated rings. The van der Waals surface area contributed by atoms with Crippen molar-refractivity contribution in [3.8, 4) is 0 Å². The van der Waals surface area contributed by atoms with Gasteiger partial charge in [-0.05, 0) is 30.7 Å². The fraction of sp³-hybridized carbons (Fsp3) is 0.421. The van der Waals surface area contributed by atoms with Crippen LogP contribution in [-0.2, 0) is 11.8 Å².